The Morgan fingerprint density at radius 1 is 1.17 bits per heavy atom. The highest BCUT2D eigenvalue weighted by Crippen LogP contribution is 2.34. The zero-order chi connectivity index (χ0) is 21.5. The largest absolute Gasteiger partial charge is 0.312 e. The van der Waals surface area contributed by atoms with Gasteiger partial charge in [0.1, 0.15) is 0 Å². The molecule has 0 saturated carbocycles. The summed E-state index contributed by atoms with van der Waals surface area (Å²) in [5.41, 5.74) is 3.09. The Labute approximate surface area is 180 Å². The smallest absolute Gasteiger partial charge is 0.283 e. The summed E-state index contributed by atoms with van der Waals surface area (Å²) >= 11 is 5.98. The molecular weight excluding hydrogens is 424 g/mol. The minimum Gasteiger partial charge on any atom is -0.312 e. The number of hydrogen-bond donors (Lipinski definition) is 0. The van der Waals surface area contributed by atoms with E-state index in [-0.39, 0.29) is 17.5 Å². The highest BCUT2D eigenvalue weighted by molar-refractivity contribution is 7.92. The van der Waals surface area contributed by atoms with Gasteiger partial charge in [0.15, 0.2) is 5.03 Å². The van der Waals surface area contributed by atoms with Crippen molar-refractivity contribution in [1.29, 1.82) is 0 Å². The molecule has 0 aliphatic carbocycles. The van der Waals surface area contributed by atoms with Gasteiger partial charge in [-0.1, -0.05) is 23.7 Å². The Hall–Kier alpha value is -2.84. The molecular formula is C21H21ClN4O3S. The summed E-state index contributed by atoms with van der Waals surface area (Å²) in [6, 6.07) is 13.9. The molecule has 7 nitrogen and oxygen atoms in total. The van der Waals surface area contributed by atoms with Crippen molar-refractivity contribution >= 4 is 38.9 Å². The van der Waals surface area contributed by atoms with Crippen molar-refractivity contribution in [2.45, 2.75) is 24.9 Å². The van der Waals surface area contributed by atoms with Gasteiger partial charge in [-0.3, -0.25) is 13.8 Å². The molecule has 1 amide bonds. The first-order valence-corrected chi connectivity index (χ1v) is 11.3. The number of aryl methyl sites for hydroxylation is 1. The number of nitrogens with zero attached hydrogens (tertiary/aromatic N) is 4. The van der Waals surface area contributed by atoms with E-state index in [1.165, 1.54) is 22.0 Å². The molecule has 1 aliphatic rings. The lowest BCUT2D eigenvalue weighted by Gasteiger charge is -2.24. The van der Waals surface area contributed by atoms with Gasteiger partial charge in [-0.05, 0) is 53.9 Å². The van der Waals surface area contributed by atoms with E-state index in [9.17, 15) is 13.2 Å². The predicted molar refractivity (Wildman–Crippen MR) is 116 cm³/mol. The van der Waals surface area contributed by atoms with Gasteiger partial charge in [0, 0.05) is 37.4 Å². The number of fused-ring (bicyclic) bond motifs is 1. The SMILES string of the molecule is CC(=O)N1CCc2cc(N(Cc3ccc(Cl)cc3)S(=O)(=O)c3ccn(C)n3)ccc21. The number of anilines is 2. The van der Waals surface area contributed by atoms with Gasteiger partial charge < -0.3 is 4.90 Å². The number of hydrogen-bond acceptors (Lipinski definition) is 4. The van der Waals surface area contributed by atoms with Crippen LogP contribution in [-0.2, 0) is 34.8 Å². The second kappa shape index (κ2) is 7.77. The van der Waals surface area contributed by atoms with Gasteiger partial charge in [0.05, 0.1) is 12.2 Å². The Balaban J connectivity index is 1.78. The number of amides is 1. The summed E-state index contributed by atoms with van der Waals surface area (Å²) < 4.78 is 29.7. The van der Waals surface area contributed by atoms with Gasteiger partial charge in [-0.2, -0.15) is 13.5 Å². The predicted octanol–water partition coefficient (Wildman–Crippen LogP) is 3.38. The van der Waals surface area contributed by atoms with Crippen LogP contribution in [0, 0.1) is 0 Å². The monoisotopic (exact) mass is 444 g/mol. The van der Waals surface area contributed by atoms with Crippen LogP contribution in [0.2, 0.25) is 5.02 Å². The number of rotatable bonds is 5. The maximum Gasteiger partial charge on any atom is 0.283 e. The van der Waals surface area contributed by atoms with Crippen LogP contribution in [0.4, 0.5) is 11.4 Å². The molecule has 2 aromatic carbocycles. The van der Waals surface area contributed by atoms with Crippen molar-refractivity contribution in [1.82, 2.24) is 9.78 Å². The van der Waals surface area contributed by atoms with E-state index in [4.69, 9.17) is 11.6 Å². The molecule has 0 fully saturated rings. The van der Waals surface area contributed by atoms with Crippen molar-refractivity contribution in [2.75, 3.05) is 15.7 Å². The van der Waals surface area contributed by atoms with Crippen LogP contribution in [-0.4, -0.2) is 30.7 Å². The van der Waals surface area contributed by atoms with Crippen LogP contribution in [0.5, 0.6) is 0 Å². The Bertz CT molecular complexity index is 1210. The number of halogens is 1. The van der Waals surface area contributed by atoms with Crippen molar-refractivity contribution < 1.29 is 13.2 Å². The topological polar surface area (TPSA) is 75.5 Å². The lowest BCUT2D eigenvalue weighted by molar-refractivity contribution is -0.116. The van der Waals surface area contributed by atoms with Gasteiger partial charge in [-0.25, -0.2) is 0 Å². The lowest BCUT2D eigenvalue weighted by Crippen LogP contribution is -2.31. The molecule has 1 aromatic heterocycles. The third kappa shape index (κ3) is 3.80. The van der Waals surface area contributed by atoms with Crippen LogP contribution in [0.15, 0.2) is 59.8 Å². The molecule has 0 radical (unpaired) electrons. The number of carbonyl (C=O) groups is 1. The molecule has 1 aliphatic heterocycles. The highest BCUT2D eigenvalue weighted by atomic mass is 35.5. The second-order valence-electron chi connectivity index (χ2n) is 7.20. The molecule has 2 heterocycles. The zero-order valence-electron chi connectivity index (χ0n) is 16.6. The summed E-state index contributed by atoms with van der Waals surface area (Å²) in [5.74, 6) is -0.0272. The van der Waals surface area contributed by atoms with E-state index in [2.05, 4.69) is 5.10 Å². The molecule has 0 N–H and O–H groups in total. The molecule has 0 bridgehead atoms. The minimum absolute atomic E-state index is 0.0233. The second-order valence-corrected chi connectivity index (χ2v) is 9.45. The number of sulfonamides is 1. The van der Waals surface area contributed by atoms with Gasteiger partial charge in [-0.15, -0.1) is 0 Å². The molecule has 4 rings (SSSR count). The van der Waals surface area contributed by atoms with Crippen LogP contribution >= 0.6 is 11.6 Å². The first kappa shape index (κ1) is 20.4. The summed E-state index contributed by atoms with van der Waals surface area (Å²) in [6.07, 6.45) is 2.28. The third-order valence-corrected chi connectivity index (χ3v) is 7.03. The third-order valence-electron chi connectivity index (χ3n) is 5.11. The summed E-state index contributed by atoms with van der Waals surface area (Å²) in [4.78, 5) is 13.5. The standard InChI is InChI=1S/C21H21ClN4O3S/c1-15(27)25-12-9-17-13-19(7-8-20(17)25)26(14-16-3-5-18(22)6-4-16)30(28,29)21-10-11-24(2)23-21/h3-8,10-11,13H,9,12,14H2,1-2H3. The average molecular weight is 445 g/mol. The fourth-order valence-electron chi connectivity index (χ4n) is 3.59. The fraction of sp³-hybridized carbons (Fsp3) is 0.238. The van der Waals surface area contributed by atoms with E-state index < -0.39 is 10.0 Å². The summed E-state index contributed by atoms with van der Waals surface area (Å²) in [5, 5.41) is 4.67. The zero-order valence-corrected chi connectivity index (χ0v) is 18.2. The maximum atomic E-state index is 13.4. The normalized spacial score (nSPS) is 13.4. The van der Waals surface area contributed by atoms with Crippen LogP contribution in [0.25, 0.3) is 0 Å². The summed E-state index contributed by atoms with van der Waals surface area (Å²) in [7, 11) is -2.23. The maximum absolute atomic E-state index is 13.4. The van der Waals surface area contributed by atoms with Gasteiger partial charge >= 0.3 is 0 Å². The number of carbonyl (C=O) groups excluding carboxylic acids is 1. The quantitative estimate of drug-likeness (QED) is 0.604. The summed E-state index contributed by atoms with van der Waals surface area (Å²) in [6.45, 7) is 2.25. The molecule has 3 aromatic rings. The molecule has 0 spiro atoms. The Kier molecular flexibility index (Phi) is 5.29. The first-order valence-electron chi connectivity index (χ1n) is 9.43. The van der Waals surface area contributed by atoms with Gasteiger partial charge in [0.2, 0.25) is 5.91 Å². The molecule has 0 unspecified atom stereocenters. The van der Waals surface area contributed by atoms with Crippen molar-refractivity contribution in [3.8, 4) is 0 Å². The van der Waals surface area contributed by atoms with E-state index in [0.29, 0.717) is 23.7 Å². The fourth-order valence-corrected chi connectivity index (χ4v) is 5.11. The van der Waals surface area contributed by atoms with Crippen molar-refractivity contribution in [2.24, 2.45) is 7.05 Å². The molecule has 156 valence electrons. The van der Waals surface area contributed by atoms with E-state index in [1.807, 2.05) is 12.1 Å². The average Bonchev–Trinajstić information content (AvgIpc) is 3.33. The van der Waals surface area contributed by atoms with E-state index in [0.717, 1.165) is 16.8 Å². The Morgan fingerprint density at radius 2 is 1.90 bits per heavy atom. The molecule has 0 saturated heterocycles. The van der Waals surface area contributed by atoms with Crippen LogP contribution in [0.3, 0.4) is 0 Å². The van der Waals surface area contributed by atoms with E-state index in [1.54, 1.807) is 48.5 Å². The minimum atomic E-state index is -3.90. The van der Waals surface area contributed by atoms with Crippen molar-refractivity contribution in [3.63, 3.8) is 0 Å². The first-order chi connectivity index (χ1) is 14.3. The number of aromatic nitrogens is 2. The van der Waals surface area contributed by atoms with E-state index >= 15 is 0 Å². The highest BCUT2D eigenvalue weighted by Gasteiger charge is 2.30. The van der Waals surface area contributed by atoms with Gasteiger partial charge in [0.25, 0.3) is 10.0 Å². The molecule has 0 atom stereocenters. The molecule has 30 heavy (non-hydrogen) atoms. The Morgan fingerprint density at radius 3 is 2.53 bits per heavy atom. The van der Waals surface area contributed by atoms with Crippen LogP contribution < -0.4 is 9.21 Å². The van der Waals surface area contributed by atoms with Crippen LogP contribution in [0.1, 0.15) is 18.1 Å². The number of benzene rings is 2. The lowest BCUT2D eigenvalue weighted by atomic mass is 10.1. The van der Waals surface area contributed by atoms with Crippen molar-refractivity contribution in [3.05, 3.63) is 70.9 Å². The molecule has 9 heteroatoms.